The number of guanidine groups is 1. The number of pyridine rings is 1. The molecule has 0 saturated carbocycles. The molecule has 2 rings (SSSR count). The van der Waals surface area contributed by atoms with E-state index >= 15 is 0 Å². The Morgan fingerprint density at radius 1 is 1.30 bits per heavy atom. The molecular formula is C18H26N4S. The Morgan fingerprint density at radius 2 is 2.13 bits per heavy atom. The molecular weight excluding hydrogens is 304 g/mol. The van der Waals surface area contributed by atoms with Crippen LogP contribution in [0.5, 0.6) is 0 Å². The minimum absolute atomic E-state index is 0.349. The van der Waals surface area contributed by atoms with E-state index in [1.165, 1.54) is 20.9 Å². The van der Waals surface area contributed by atoms with Crippen LogP contribution in [0.25, 0.3) is 0 Å². The fourth-order valence-corrected chi connectivity index (χ4v) is 3.49. The molecule has 0 amide bonds. The molecule has 0 aliphatic heterocycles. The highest BCUT2D eigenvalue weighted by Gasteiger charge is 2.08. The van der Waals surface area contributed by atoms with Crippen LogP contribution in [0.15, 0.2) is 35.6 Å². The normalized spacial score (nSPS) is 13.0. The van der Waals surface area contributed by atoms with Gasteiger partial charge in [0.15, 0.2) is 5.96 Å². The van der Waals surface area contributed by atoms with E-state index in [4.69, 9.17) is 0 Å². The summed E-state index contributed by atoms with van der Waals surface area (Å²) in [6.07, 6.45) is 5.74. The molecule has 124 valence electrons. The molecule has 5 heteroatoms. The van der Waals surface area contributed by atoms with Gasteiger partial charge < -0.3 is 10.6 Å². The van der Waals surface area contributed by atoms with Gasteiger partial charge in [-0.2, -0.15) is 0 Å². The maximum Gasteiger partial charge on any atom is 0.191 e. The van der Waals surface area contributed by atoms with E-state index in [-0.39, 0.29) is 0 Å². The van der Waals surface area contributed by atoms with Crippen LogP contribution in [0.1, 0.15) is 27.8 Å². The average Bonchev–Trinajstić information content (AvgIpc) is 2.93. The zero-order valence-electron chi connectivity index (χ0n) is 14.4. The molecule has 0 radical (unpaired) electrons. The van der Waals surface area contributed by atoms with Crippen molar-refractivity contribution >= 4 is 17.3 Å². The molecule has 0 aliphatic rings. The second-order valence-electron chi connectivity index (χ2n) is 5.81. The Morgan fingerprint density at radius 3 is 2.78 bits per heavy atom. The van der Waals surface area contributed by atoms with Crippen LogP contribution in [0.3, 0.4) is 0 Å². The number of aryl methyl sites for hydroxylation is 2. The predicted molar refractivity (Wildman–Crippen MR) is 99.4 cm³/mol. The van der Waals surface area contributed by atoms with Crippen molar-refractivity contribution in [2.75, 3.05) is 13.6 Å². The Hall–Kier alpha value is -1.88. The van der Waals surface area contributed by atoms with Crippen molar-refractivity contribution in [3.05, 3.63) is 51.5 Å². The maximum atomic E-state index is 4.31. The van der Waals surface area contributed by atoms with Crippen molar-refractivity contribution in [2.24, 2.45) is 4.99 Å². The maximum absolute atomic E-state index is 4.31. The minimum atomic E-state index is 0.349. The van der Waals surface area contributed by atoms with Gasteiger partial charge in [-0.15, -0.1) is 11.3 Å². The van der Waals surface area contributed by atoms with Crippen LogP contribution < -0.4 is 10.6 Å². The van der Waals surface area contributed by atoms with Crippen LogP contribution in [-0.2, 0) is 12.8 Å². The third-order valence-electron chi connectivity index (χ3n) is 3.73. The first-order valence-corrected chi connectivity index (χ1v) is 8.82. The first-order chi connectivity index (χ1) is 11.1. The van der Waals surface area contributed by atoms with Gasteiger partial charge in [0.2, 0.25) is 0 Å². The number of hydrogen-bond donors (Lipinski definition) is 2. The van der Waals surface area contributed by atoms with Crippen LogP contribution in [0.4, 0.5) is 0 Å². The molecule has 2 aromatic rings. The van der Waals surface area contributed by atoms with E-state index in [2.05, 4.69) is 59.6 Å². The first-order valence-electron chi connectivity index (χ1n) is 8.00. The van der Waals surface area contributed by atoms with Gasteiger partial charge in [0.05, 0.1) is 0 Å². The van der Waals surface area contributed by atoms with Crippen molar-refractivity contribution in [1.29, 1.82) is 0 Å². The predicted octanol–water partition coefficient (Wildman–Crippen LogP) is 3.10. The molecule has 23 heavy (non-hydrogen) atoms. The molecule has 2 heterocycles. The average molecular weight is 331 g/mol. The zero-order chi connectivity index (χ0) is 16.7. The number of nitrogens with zero attached hydrogens (tertiary/aromatic N) is 2. The highest BCUT2D eigenvalue weighted by atomic mass is 32.1. The monoisotopic (exact) mass is 330 g/mol. The van der Waals surface area contributed by atoms with E-state index < -0.39 is 0 Å². The number of thiophene rings is 1. The van der Waals surface area contributed by atoms with E-state index in [0.29, 0.717) is 6.04 Å². The second-order valence-corrected chi connectivity index (χ2v) is 7.19. The van der Waals surface area contributed by atoms with Gasteiger partial charge in [-0.1, -0.05) is 0 Å². The molecule has 0 spiro atoms. The van der Waals surface area contributed by atoms with Gasteiger partial charge in [-0.05, 0) is 56.5 Å². The number of rotatable bonds is 6. The number of nitrogens with one attached hydrogen (secondary N) is 2. The van der Waals surface area contributed by atoms with Crippen molar-refractivity contribution in [3.8, 4) is 0 Å². The summed E-state index contributed by atoms with van der Waals surface area (Å²) in [7, 11) is 1.81. The summed E-state index contributed by atoms with van der Waals surface area (Å²) in [4.78, 5) is 11.2. The highest BCUT2D eigenvalue weighted by Crippen LogP contribution is 2.16. The smallest absolute Gasteiger partial charge is 0.191 e. The minimum Gasteiger partial charge on any atom is -0.356 e. The number of hydrogen-bond acceptors (Lipinski definition) is 3. The summed E-state index contributed by atoms with van der Waals surface area (Å²) < 4.78 is 0. The van der Waals surface area contributed by atoms with Gasteiger partial charge in [-0.25, -0.2) is 0 Å². The van der Waals surface area contributed by atoms with Crippen molar-refractivity contribution in [3.63, 3.8) is 0 Å². The molecule has 1 atom stereocenters. The van der Waals surface area contributed by atoms with Crippen LogP contribution in [0.2, 0.25) is 0 Å². The topological polar surface area (TPSA) is 49.3 Å². The van der Waals surface area contributed by atoms with Gasteiger partial charge in [0.1, 0.15) is 0 Å². The molecule has 4 nitrogen and oxygen atoms in total. The fraction of sp³-hybridized carbons (Fsp3) is 0.444. The SMILES string of the molecule is CN=C(NCCc1ccncc1C)NC(C)Cc1ccc(C)s1. The lowest BCUT2D eigenvalue weighted by Crippen LogP contribution is -2.43. The van der Waals surface area contributed by atoms with Gasteiger partial charge in [-0.3, -0.25) is 9.98 Å². The second kappa shape index (κ2) is 8.67. The molecule has 0 bridgehead atoms. The summed E-state index contributed by atoms with van der Waals surface area (Å²) in [5.41, 5.74) is 2.56. The summed E-state index contributed by atoms with van der Waals surface area (Å²) in [5, 5.41) is 6.85. The van der Waals surface area contributed by atoms with Crippen LogP contribution in [-0.4, -0.2) is 30.6 Å². The van der Waals surface area contributed by atoms with Crippen molar-refractivity contribution < 1.29 is 0 Å². The Balaban J connectivity index is 1.78. The first kappa shape index (κ1) is 17.5. The molecule has 2 N–H and O–H groups in total. The van der Waals surface area contributed by atoms with Gasteiger partial charge in [0, 0.05) is 48.2 Å². The lowest BCUT2D eigenvalue weighted by molar-refractivity contribution is 0.644. The number of aromatic nitrogens is 1. The summed E-state index contributed by atoms with van der Waals surface area (Å²) in [6.45, 7) is 7.29. The summed E-state index contributed by atoms with van der Waals surface area (Å²) >= 11 is 1.86. The third kappa shape index (κ3) is 5.67. The lowest BCUT2D eigenvalue weighted by Gasteiger charge is -2.17. The van der Waals surface area contributed by atoms with Crippen molar-refractivity contribution in [1.82, 2.24) is 15.6 Å². The zero-order valence-corrected chi connectivity index (χ0v) is 15.2. The Kier molecular flexibility index (Phi) is 6.59. The number of aliphatic imine (C=N–C) groups is 1. The third-order valence-corrected chi connectivity index (χ3v) is 4.76. The van der Waals surface area contributed by atoms with Crippen LogP contribution in [0, 0.1) is 13.8 Å². The summed E-state index contributed by atoms with van der Waals surface area (Å²) in [6, 6.07) is 6.81. The van der Waals surface area contributed by atoms with E-state index in [9.17, 15) is 0 Å². The summed E-state index contributed by atoms with van der Waals surface area (Å²) in [5.74, 6) is 0.859. The standard InChI is InChI=1S/C18H26N4S/c1-13-12-20-9-7-16(13)8-10-21-18(19-4)22-14(2)11-17-6-5-15(3)23-17/h5-7,9,12,14H,8,10-11H2,1-4H3,(H2,19,21,22). The van der Waals surface area contributed by atoms with E-state index in [1.54, 1.807) is 0 Å². The Bertz CT molecular complexity index is 648. The highest BCUT2D eigenvalue weighted by molar-refractivity contribution is 7.11. The van der Waals surface area contributed by atoms with Gasteiger partial charge >= 0.3 is 0 Å². The molecule has 2 aromatic heterocycles. The fourth-order valence-electron chi connectivity index (χ4n) is 2.47. The van der Waals surface area contributed by atoms with E-state index in [0.717, 1.165) is 25.3 Å². The van der Waals surface area contributed by atoms with Crippen LogP contribution >= 0.6 is 11.3 Å². The Labute approximate surface area is 143 Å². The quantitative estimate of drug-likeness (QED) is 0.632. The largest absolute Gasteiger partial charge is 0.356 e. The van der Waals surface area contributed by atoms with Crippen molar-refractivity contribution in [2.45, 2.75) is 39.7 Å². The molecule has 1 unspecified atom stereocenters. The molecule has 0 aliphatic carbocycles. The lowest BCUT2D eigenvalue weighted by atomic mass is 10.1. The van der Waals surface area contributed by atoms with E-state index in [1.807, 2.05) is 30.8 Å². The molecule has 0 aromatic carbocycles. The molecule has 0 saturated heterocycles. The van der Waals surface area contributed by atoms with Gasteiger partial charge in [0.25, 0.3) is 0 Å². The molecule has 0 fully saturated rings.